The van der Waals surface area contributed by atoms with E-state index in [1.807, 2.05) is 20.9 Å². The van der Waals surface area contributed by atoms with Crippen LogP contribution in [0.5, 0.6) is 0 Å². The van der Waals surface area contributed by atoms with Gasteiger partial charge in [0.05, 0.1) is 17.0 Å². The van der Waals surface area contributed by atoms with Crippen molar-refractivity contribution in [2.75, 3.05) is 13.3 Å². The van der Waals surface area contributed by atoms with Gasteiger partial charge in [0.1, 0.15) is 0 Å². The summed E-state index contributed by atoms with van der Waals surface area (Å²) < 4.78 is 0. The molecule has 2 rings (SSSR count). The molecule has 0 radical (unpaired) electrons. The summed E-state index contributed by atoms with van der Waals surface area (Å²) in [5.74, 6) is 0.560. The lowest BCUT2D eigenvalue weighted by Crippen LogP contribution is -2.33. The van der Waals surface area contributed by atoms with Gasteiger partial charge >= 0.3 is 0 Å². The molecule has 0 bridgehead atoms. The molecule has 0 saturated carbocycles. The first-order valence-corrected chi connectivity index (χ1v) is 8.24. The molecule has 19 heavy (non-hydrogen) atoms. The zero-order chi connectivity index (χ0) is 14.6. The molecule has 0 fully saturated rings. The van der Waals surface area contributed by atoms with Crippen LogP contribution in [0.2, 0.25) is 0 Å². The lowest BCUT2D eigenvalue weighted by Gasteiger charge is -2.35. The fourth-order valence-electron chi connectivity index (χ4n) is 2.60. The second kappa shape index (κ2) is 6.56. The summed E-state index contributed by atoms with van der Waals surface area (Å²) in [5.41, 5.74) is 3.67. The maximum absolute atomic E-state index is 4.91. The number of aliphatic imine (C=N–C) groups is 2. The van der Waals surface area contributed by atoms with Crippen LogP contribution in [0, 0.1) is 5.92 Å². The summed E-state index contributed by atoms with van der Waals surface area (Å²) in [4.78, 5) is 10.5. The monoisotopic (exact) mass is 278 g/mol. The van der Waals surface area contributed by atoms with Gasteiger partial charge in [-0.05, 0) is 50.2 Å². The molecule has 1 heterocycles. The summed E-state index contributed by atoms with van der Waals surface area (Å²) in [5, 5.41) is 0. The molecular formula is C16H26N2S. The predicted octanol–water partition coefficient (Wildman–Crippen LogP) is 4.53. The average Bonchev–Trinajstić information content (AvgIpc) is 2.39. The van der Waals surface area contributed by atoms with E-state index in [2.05, 4.69) is 44.2 Å². The van der Waals surface area contributed by atoms with Gasteiger partial charge in [-0.3, -0.25) is 9.98 Å². The van der Waals surface area contributed by atoms with Crippen LogP contribution in [0.25, 0.3) is 0 Å². The quantitative estimate of drug-likeness (QED) is 0.647. The summed E-state index contributed by atoms with van der Waals surface area (Å²) in [6.07, 6.45) is 7.55. The first-order valence-electron chi connectivity index (χ1n) is 7.01. The van der Waals surface area contributed by atoms with Crippen LogP contribution in [-0.4, -0.2) is 30.3 Å². The predicted molar refractivity (Wildman–Crippen MR) is 89.7 cm³/mol. The van der Waals surface area contributed by atoms with E-state index in [1.54, 1.807) is 11.8 Å². The van der Waals surface area contributed by atoms with E-state index in [-0.39, 0.29) is 5.54 Å². The number of hydrogen-bond acceptors (Lipinski definition) is 3. The van der Waals surface area contributed by atoms with Crippen LogP contribution in [0.15, 0.2) is 32.6 Å². The highest BCUT2D eigenvalue weighted by atomic mass is 32.2. The first kappa shape index (κ1) is 16.2. The molecule has 1 unspecified atom stereocenters. The van der Waals surface area contributed by atoms with E-state index < -0.39 is 0 Å². The fourth-order valence-corrected chi connectivity index (χ4v) is 3.20. The molecule has 2 nitrogen and oxygen atoms in total. The van der Waals surface area contributed by atoms with Crippen LogP contribution in [0.1, 0.15) is 41.0 Å². The molecule has 0 N–H and O–H groups in total. The largest absolute Gasteiger partial charge is 0.289 e. The fraction of sp³-hybridized carbons (Fsp3) is 0.625. The Morgan fingerprint density at radius 2 is 1.95 bits per heavy atom. The summed E-state index contributed by atoms with van der Waals surface area (Å²) in [6, 6.07) is 0. The van der Waals surface area contributed by atoms with Gasteiger partial charge in [0.2, 0.25) is 0 Å². The number of allylic oxidation sites excluding steroid dienone is 4. The van der Waals surface area contributed by atoms with Gasteiger partial charge in [-0.15, -0.1) is 11.8 Å². The van der Waals surface area contributed by atoms with Gasteiger partial charge in [-0.2, -0.15) is 0 Å². The Bertz CT molecular complexity index is 453. The van der Waals surface area contributed by atoms with Crippen molar-refractivity contribution in [2.45, 2.75) is 46.6 Å². The van der Waals surface area contributed by atoms with Crippen molar-refractivity contribution < 1.29 is 0 Å². The average molecular weight is 278 g/mol. The Balaban J connectivity index is 0.000000861. The second-order valence-electron chi connectivity index (χ2n) is 5.34. The zero-order valence-corrected chi connectivity index (χ0v) is 14.1. The van der Waals surface area contributed by atoms with Gasteiger partial charge in [0, 0.05) is 12.0 Å². The maximum atomic E-state index is 4.91. The van der Waals surface area contributed by atoms with Crippen LogP contribution >= 0.6 is 11.8 Å². The lowest BCUT2D eigenvalue weighted by atomic mass is 9.79. The molecule has 0 saturated heterocycles. The minimum absolute atomic E-state index is 0.0573. The minimum Gasteiger partial charge on any atom is -0.289 e. The number of nitrogens with zero attached hydrogens (tertiary/aromatic N) is 2. The standard InChI is InChI=1S/C14H20N2S.C2H6/c1-9-8-14(2,3)16-13-11(9)6-10(15-4)7-12(13)17-5;1-2/h6-7,9H,8H2,1-5H3;1-2H3. The van der Waals surface area contributed by atoms with Crippen LogP contribution in [-0.2, 0) is 0 Å². The van der Waals surface area contributed by atoms with E-state index in [0.717, 1.165) is 12.1 Å². The second-order valence-corrected chi connectivity index (χ2v) is 6.19. The van der Waals surface area contributed by atoms with Crippen molar-refractivity contribution in [1.82, 2.24) is 0 Å². The molecule has 3 heteroatoms. The number of rotatable bonds is 1. The van der Waals surface area contributed by atoms with Crippen LogP contribution < -0.4 is 0 Å². The number of thioether (sulfide) groups is 1. The van der Waals surface area contributed by atoms with Gasteiger partial charge in [-0.25, -0.2) is 0 Å². The first-order chi connectivity index (χ1) is 8.96. The van der Waals surface area contributed by atoms with Gasteiger partial charge in [-0.1, -0.05) is 20.8 Å². The van der Waals surface area contributed by atoms with Crippen molar-refractivity contribution in [2.24, 2.45) is 15.9 Å². The molecule has 0 aromatic carbocycles. The highest BCUT2D eigenvalue weighted by Gasteiger charge is 2.33. The molecule has 106 valence electrons. The summed E-state index contributed by atoms with van der Waals surface area (Å²) >= 11 is 1.76. The van der Waals surface area contributed by atoms with Gasteiger partial charge in [0.25, 0.3) is 0 Å². The van der Waals surface area contributed by atoms with Crippen molar-refractivity contribution in [3.8, 4) is 0 Å². The minimum atomic E-state index is 0.0573. The lowest BCUT2D eigenvalue weighted by molar-refractivity contribution is 0.406. The Labute approximate surface area is 122 Å². The van der Waals surface area contributed by atoms with Crippen molar-refractivity contribution in [1.29, 1.82) is 0 Å². The third kappa shape index (κ3) is 3.59. The van der Waals surface area contributed by atoms with E-state index >= 15 is 0 Å². The van der Waals surface area contributed by atoms with Crippen LogP contribution in [0.3, 0.4) is 0 Å². The van der Waals surface area contributed by atoms with Crippen LogP contribution in [0.4, 0.5) is 0 Å². The third-order valence-corrected chi connectivity index (χ3v) is 4.07. The van der Waals surface area contributed by atoms with E-state index in [9.17, 15) is 0 Å². The van der Waals surface area contributed by atoms with E-state index in [1.165, 1.54) is 16.2 Å². The molecule has 0 aromatic heterocycles. The normalized spacial score (nSPS) is 26.6. The number of hydrogen-bond donors (Lipinski definition) is 0. The van der Waals surface area contributed by atoms with Gasteiger partial charge in [0.15, 0.2) is 0 Å². The third-order valence-electron chi connectivity index (χ3n) is 3.32. The zero-order valence-electron chi connectivity index (χ0n) is 13.2. The molecule has 1 aliphatic heterocycles. The Morgan fingerprint density at radius 3 is 2.47 bits per heavy atom. The van der Waals surface area contributed by atoms with Crippen molar-refractivity contribution in [3.63, 3.8) is 0 Å². The highest BCUT2D eigenvalue weighted by molar-refractivity contribution is 8.03. The number of fused-ring (bicyclic) bond motifs is 1. The van der Waals surface area contributed by atoms with E-state index in [0.29, 0.717) is 5.92 Å². The molecular weight excluding hydrogens is 252 g/mol. The van der Waals surface area contributed by atoms with E-state index in [4.69, 9.17) is 4.99 Å². The van der Waals surface area contributed by atoms with Gasteiger partial charge < -0.3 is 0 Å². The SMILES string of the molecule is CC.CN=C1C=C(SC)C2=NC(C)(C)CC(C)C2=C1. The molecule has 0 spiro atoms. The smallest absolute Gasteiger partial charge is 0.0752 e. The highest BCUT2D eigenvalue weighted by Crippen LogP contribution is 2.38. The molecule has 0 amide bonds. The molecule has 0 aromatic rings. The Hall–Kier alpha value is -0.830. The summed E-state index contributed by atoms with van der Waals surface area (Å²) in [7, 11) is 1.85. The molecule has 2 aliphatic rings. The molecule has 1 atom stereocenters. The Kier molecular flexibility index (Phi) is 5.60. The maximum Gasteiger partial charge on any atom is 0.0752 e. The Morgan fingerprint density at radius 1 is 1.32 bits per heavy atom. The van der Waals surface area contributed by atoms with Crippen molar-refractivity contribution >= 4 is 23.2 Å². The molecule has 1 aliphatic carbocycles. The van der Waals surface area contributed by atoms with Crippen molar-refractivity contribution in [3.05, 3.63) is 22.6 Å². The summed E-state index contributed by atoms with van der Waals surface area (Å²) in [6.45, 7) is 10.7. The topological polar surface area (TPSA) is 24.7 Å².